The molecule has 0 saturated carbocycles. The van der Waals surface area contributed by atoms with Crippen LogP contribution in [-0.4, -0.2) is 48.1 Å². The van der Waals surface area contributed by atoms with Gasteiger partial charge in [0.15, 0.2) is 0 Å². The second-order valence-corrected chi connectivity index (χ2v) is 8.25. The summed E-state index contributed by atoms with van der Waals surface area (Å²) in [4.78, 5) is 27.6. The molecule has 2 aliphatic heterocycles. The molecular formula is C23H22BrNO5. The van der Waals surface area contributed by atoms with E-state index in [1.54, 1.807) is 37.4 Å². The van der Waals surface area contributed by atoms with Crippen LogP contribution < -0.4 is 4.74 Å². The first-order valence-corrected chi connectivity index (χ1v) is 10.6. The number of ether oxygens (including phenoxy) is 2. The standard InChI is InChI=1S/C23H22BrNO5/c1-29-18-7-3-2-6-17(18)20-19(21(26)14-8-10-15(24)11-9-14)22(27)23(28)25(20)13-16-5-4-12-30-16/h2-3,6-11,16,20,26H,4-5,12-13H2,1H3/b21-19-. The second kappa shape index (κ2) is 8.62. The third-order valence-corrected chi connectivity index (χ3v) is 6.04. The van der Waals surface area contributed by atoms with Crippen LogP contribution in [0.3, 0.4) is 0 Å². The molecule has 6 nitrogen and oxygen atoms in total. The molecule has 0 aliphatic carbocycles. The molecule has 30 heavy (non-hydrogen) atoms. The molecule has 2 atom stereocenters. The average Bonchev–Trinajstić information content (AvgIpc) is 3.36. The minimum absolute atomic E-state index is 0.0600. The number of hydrogen-bond donors (Lipinski definition) is 1. The predicted molar refractivity (Wildman–Crippen MR) is 115 cm³/mol. The molecule has 1 N–H and O–H groups in total. The highest BCUT2D eigenvalue weighted by molar-refractivity contribution is 9.10. The van der Waals surface area contributed by atoms with Crippen molar-refractivity contribution in [1.82, 2.24) is 4.90 Å². The monoisotopic (exact) mass is 471 g/mol. The van der Waals surface area contributed by atoms with Gasteiger partial charge in [-0.15, -0.1) is 0 Å². The quantitative estimate of drug-likeness (QED) is 0.404. The van der Waals surface area contributed by atoms with Crippen molar-refractivity contribution in [1.29, 1.82) is 0 Å². The highest BCUT2D eigenvalue weighted by atomic mass is 79.9. The molecular weight excluding hydrogens is 450 g/mol. The average molecular weight is 472 g/mol. The van der Waals surface area contributed by atoms with Crippen molar-refractivity contribution in [3.63, 3.8) is 0 Å². The third kappa shape index (κ3) is 3.75. The Morgan fingerprint density at radius 1 is 1.20 bits per heavy atom. The molecule has 0 aromatic heterocycles. The Labute approximate surface area is 183 Å². The van der Waals surface area contributed by atoms with Crippen LogP contribution in [0.15, 0.2) is 58.6 Å². The number of aliphatic hydroxyl groups excluding tert-OH is 1. The maximum absolute atomic E-state index is 13.1. The molecule has 4 rings (SSSR count). The number of nitrogens with zero attached hydrogens (tertiary/aromatic N) is 1. The van der Waals surface area contributed by atoms with E-state index in [0.29, 0.717) is 23.5 Å². The summed E-state index contributed by atoms with van der Waals surface area (Å²) in [6, 6.07) is 13.4. The number of carbonyl (C=O) groups is 2. The minimum atomic E-state index is -0.756. The molecule has 0 spiro atoms. The number of likely N-dealkylation sites (tertiary alicyclic amines) is 1. The van der Waals surface area contributed by atoms with Crippen molar-refractivity contribution in [2.45, 2.75) is 25.0 Å². The molecule has 2 unspecified atom stereocenters. The first-order chi connectivity index (χ1) is 14.5. The van der Waals surface area contributed by atoms with Crippen molar-refractivity contribution in [2.24, 2.45) is 0 Å². The van der Waals surface area contributed by atoms with Gasteiger partial charge in [0.05, 0.1) is 24.8 Å². The number of Topliss-reactive ketones (excluding diaryl/α,β-unsaturated/α-hetero) is 1. The zero-order chi connectivity index (χ0) is 21.3. The van der Waals surface area contributed by atoms with E-state index in [2.05, 4.69) is 15.9 Å². The van der Waals surface area contributed by atoms with Gasteiger partial charge in [-0.05, 0) is 31.0 Å². The fourth-order valence-electron chi connectivity index (χ4n) is 4.05. The summed E-state index contributed by atoms with van der Waals surface area (Å²) in [6.07, 6.45) is 1.62. The molecule has 7 heteroatoms. The van der Waals surface area contributed by atoms with Gasteiger partial charge in [0.1, 0.15) is 11.5 Å². The van der Waals surface area contributed by atoms with Gasteiger partial charge < -0.3 is 19.5 Å². The summed E-state index contributed by atoms with van der Waals surface area (Å²) in [7, 11) is 1.54. The van der Waals surface area contributed by atoms with Crippen LogP contribution in [0.25, 0.3) is 5.76 Å². The number of aliphatic hydroxyl groups is 1. The van der Waals surface area contributed by atoms with E-state index in [1.807, 2.05) is 18.2 Å². The number of carbonyl (C=O) groups excluding carboxylic acids is 2. The molecule has 2 heterocycles. The summed E-state index contributed by atoms with van der Waals surface area (Å²) < 4.78 is 12.1. The van der Waals surface area contributed by atoms with E-state index in [1.165, 1.54) is 4.90 Å². The van der Waals surface area contributed by atoms with Gasteiger partial charge in [-0.3, -0.25) is 9.59 Å². The molecule has 2 aromatic carbocycles. The highest BCUT2D eigenvalue weighted by Gasteiger charge is 2.47. The number of hydrogen-bond acceptors (Lipinski definition) is 5. The normalized spacial score (nSPS) is 23.2. The van der Waals surface area contributed by atoms with Crippen molar-refractivity contribution in [3.05, 3.63) is 69.7 Å². The van der Waals surface area contributed by atoms with Crippen molar-refractivity contribution in [3.8, 4) is 5.75 Å². The third-order valence-electron chi connectivity index (χ3n) is 5.52. The predicted octanol–water partition coefficient (Wildman–Crippen LogP) is 4.06. The number of amides is 1. The Morgan fingerprint density at radius 3 is 2.60 bits per heavy atom. The van der Waals surface area contributed by atoms with Crippen LogP contribution in [0.4, 0.5) is 0 Å². The lowest BCUT2D eigenvalue weighted by molar-refractivity contribution is -0.140. The number of para-hydroxylation sites is 1. The zero-order valence-corrected chi connectivity index (χ0v) is 18.1. The van der Waals surface area contributed by atoms with Crippen molar-refractivity contribution >= 4 is 33.4 Å². The number of halogens is 1. The van der Waals surface area contributed by atoms with Crippen LogP contribution >= 0.6 is 15.9 Å². The van der Waals surface area contributed by atoms with Crippen LogP contribution in [0.1, 0.15) is 30.0 Å². The molecule has 2 fully saturated rings. The van der Waals surface area contributed by atoms with Gasteiger partial charge in [-0.1, -0.05) is 46.3 Å². The molecule has 2 aliphatic rings. The lowest BCUT2D eigenvalue weighted by Crippen LogP contribution is -2.36. The van der Waals surface area contributed by atoms with E-state index in [9.17, 15) is 14.7 Å². The number of methoxy groups -OCH3 is 1. The molecule has 0 radical (unpaired) electrons. The maximum Gasteiger partial charge on any atom is 0.295 e. The maximum atomic E-state index is 13.1. The minimum Gasteiger partial charge on any atom is -0.507 e. The Morgan fingerprint density at radius 2 is 1.93 bits per heavy atom. The van der Waals surface area contributed by atoms with Crippen molar-refractivity contribution in [2.75, 3.05) is 20.3 Å². The SMILES string of the molecule is COc1ccccc1C1/C(=C(/O)c2ccc(Br)cc2)C(=O)C(=O)N1CC1CCCO1. The van der Waals surface area contributed by atoms with Crippen LogP contribution in [0.5, 0.6) is 5.75 Å². The summed E-state index contributed by atoms with van der Waals surface area (Å²) in [5.41, 5.74) is 1.17. The van der Waals surface area contributed by atoms with Crippen molar-refractivity contribution < 1.29 is 24.2 Å². The highest BCUT2D eigenvalue weighted by Crippen LogP contribution is 2.43. The van der Waals surface area contributed by atoms with Crippen LogP contribution in [0.2, 0.25) is 0 Å². The Hall–Kier alpha value is -2.64. The lowest BCUT2D eigenvalue weighted by Gasteiger charge is -2.28. The van der Waals surface area contributed by atoms with E-state index < -0.39 is 17.7 Å². The Balaban J connectivity index is 1.86. The van der Waals surface area contributed by atoms with Gasteiger partial charge in [0, 0.05) is 28.8 Å². The largest absolute Gasteiger partial charge is 0.507 e. The van der Waals surface area contributed by atoms with Crippen LogP contribution in [-0.2, 0) is 14.3 Å². The number of rotatable bonds is 5. The Bertz CT molecular complexity index is 995. The fourth-order valence-corrected chi connectivity index (χ4v) is 4.32. The topological polar surface area (TPSA) is 76.1 Å². The number of benzene rings is 2. The van der Waals surface area contributed by atoms with E-state index in [0.717, 1.165) is 17.3 Å². The summed E-state index contributed by atoms with van der Waals surface area (Å²) >= 11 is 3.37. The van der Waals surface area contributed by atoms with Gasteiger partial charge >= 0.3 is 0 Å². The smallest absolute Gasteiger partial charge is 0.295 e. The van der Waals surface area contributed by atoms with E-state index >= 15 is 0 Å². The first kappa shape index (κ1) is 20.6. The second-order valence-electron chi connectivity index (χ2n) is 7.34. The molecule has 2 saturated heterocycles. The lowest BCUT2D eigenvalue weighted by atomic mass is 9.94. The summed E-state index contributed by atoms with van der Waals surface area (Å²) in [6.45, 7) is 0.928. The fraction of sp³-hybridized carbons (Fsp3) is 0.304. The molecule has 1 amide bonds. The molecule has 156 valence electrons. The molecule has 0 bridgehead atoms. The van der Waals surface area contributed by atoms with Gasteiger partial charge in [-0.2, -0.15) is 0 Å². The number of ketones is 1. The first-order valence-electron chi connectivity index (χ1n) is 9.80. The zero-order valence-electron chi connectivity index (χ0n) is 16.5. The Kier molecular flexibility index (Phi) is 5.92. The van der Waals surface area contributed by atoms with Gasteiger partial charge in [0.25, 0.3) is 11.7 Å². The van der Waals surface area contributed by atoms with Gasteiger partial charge in [-0.25, -0.2) is 0 Å². The van der Waals surface area contributed by atoms with E-state index in [4.69, 9.17) is 9.47 Å². The van der Waals surface area contributed by atoms with Crippen LogP contribution in [0, 0.1) is 0 Å². The summed E-state index contributed by atoms with van der Waals surface area (Å²) in [5.74, 6) is -1.00. The molecule has 2 aromatic rings. The van der Waals surface area contributed by atoms with Gasteiger partial charge in [0.2, 0.25) is 0 Å². The summed E-state index contributed by atoms with van der Waals surface area (Å²) in [5, 5.41) is 11.1. The van der Waals surface area contributed by atoms with E-state index in [-0.39, 0.29) is 24.0 Å².